The van der Waals surface area contributed by atoms with Gasteiger partial charge in [0.2, 0.25) is 0 Å². The Kier molecular flexibility index (Phi) is 7.76. The Morgan fingerprint density at radius 2 is 1.85 bits per heavy atom. The maximum Gasteiger partial charge on any atom is 0.306 e. The molecule has 0 N–H and O–H groups in total. The monoisotopic (exact) mass is 186 g/mol. The first-order valence-electron chi connectivity index (χ1n) is 5.40. The van der Waals surface area contributed by atoms with Gasteiger partial charge in [0.15, 0.2) is 0 Å². The van der Waals surface area contributed by atoms with Gasteiger partial charge in [0.1, 0.15) is 0 Å². The van der Waals surface area contributed by atoms with E-state index in [9.17, 15) is 4.79 Å². The summed E-state index contributed by atoms with van der Waals surface area (Å²) in [5.41, 5.74) is 0. The van der Waals surface area contributed by atoms with Gasteiger partial charge in [-0.25, -0.2) is 0 Å². The summed E-state index contributed by atoms with van der Waals surface area (Å²) >= 11 is 0. The third-order valence-electron chi connectivity index (χ3n) is 2.03. The molecule has 0 rings (SSSR count). The standard InChI is InChI=1S/C11H22O2/c1-4-6-8-10(3)13-11(12)9-7-5-2/h10H,4-9H2,1-3H3/t10-/m1/s1. The van der Waals surface area contributed by atoms with Crippen LogP contribution in [-0.2, 0) is 9.53 Å². The van der Waals surface area contributed by atoms with E-state index in [0.29, 0.717) is 6.42 Å². The largest absolute Gasteiger partial charge is 0.463 e. The summed E-state index contributed by atoms with van der Waals surface area (Å²) in [4.78, 5) is 11.2. The second-order valence-electron chi connectivity index (χ2n) is 3.55. The lowest BCUT2D eigenvalue weighted by Gasteiger charge is -2.12. The lowest BCUT2D eigenvalue weighted by Crippen LogP contribution is -2.14. The van der Waals surface area contributed by atoms with Gasteiger partial charge in [-0.1, -0.05) is 33.1 Å². The smallest absolute Gasteiger partial charge is 0.306 e. The van der Waals surface area contributed by atoms with Crippen molar-refractivity contribution in [2.45, 2.75) is 65.4 Å². The van der Waals surface area contributed by atoms with E-state index in [2.05, 4.69) is 13.8 Å². The van der Waals surface area contributed by atoms with E-state index < -0.39 is 0 Å². The average molecular weight is 186 g/mol. The quantitative estimate of drug-likeness (QED) is 0.570. The summed E-state index contributed by atoms with van der Waals surface area (Å²) in [5, 5.41) is 0. The molecule has 0 saturated heterocycles. The minimum absolute atomic E-state index is 0.0366. The molecular formula is C11H22O2. The van der Waals surface area contributed by atoms with Gasteiger partial charge in [-0.15, -0.1) is 0 Å². The Hall–Kier alpha value is -0.530. The fraction of sp³-hybridized carbons (Fsp3) is 0.909. The molecule has 78 valence electrons. The van der Waals surface area contributed by atoms with Gasteiger partial charge < -0.3 is 4.74 Å². The van der Waals surface area contributed by atoms with Crippen molar-refractivity contribution in [2.75, 3.05) is 0 Å². The van der Waals surface area contributed by atoms with Crippen molar-refractivity contribution in [3.63, 3.8) is 0 Å². The second kappa shape index (κ2) is 8.09. The third kappa shape index (κ3) is 7.82. The molecule has 13 heavy (non-hydrogen) atoms. The molecule has 2 nitrogen and oxygen atoms in total. The molecule has 0 aromatic carbocycles. The molecule has 0 fully saturated rings. The summed E-state index contributed by atoms with van der Waals surface area (Å²) in [6.07, 6.45) is 5.97. The zero-order valence-electron chi connectivity index (χ0n) is 9.14. The topological polar surface area (TPSA) is 26.3 Å². The van der Waals surface area contributed by atoms with Gasteiger partial charge in [0.25, 0.3) is 0 Å². The molecule has 0 aliphatic heterocycles. The van der Waals surface area contributed by atoms with Crippen LogP contribution in [0.1, 0.15) is 59.3 Å². The minimum atomic E-state index is -0.0366. The number of hydrogen-bond donors (Lipinski definition) is 0. The van der Waals surface area contributed by atoms with Gasteiger partial charge in [-0.2, -0.15) is 0 Å². The highest BCUT2D eigenvalue weighted by Gasteiger charge is 2.07. The molecular weight excluding hydrogens is 164 g/mol. The summed E-state index contributed by atoms with van der Waals surface area (Å²) < 4.78 is 5.22. The zero-order valence-corrected chi connectivity index (χ0v) is 9.14. The number of rotatable bonds is 7. The van der Waals surface area contributed by atoms with Gasteiger partial charge in [0, 0.05) is 6.42 Å². The molecule has 1 atom stereocenters. The molecule has 0 aromatic rings. The number of carbonyl (C=O) groups is 1. The summed E-state index contributed by atoms with van der Waals surface area (Å²) in [6, 6.07) is 0. The van der Waals surface area contributed by atoms with E-state index in [1.165, 1.54) is 0 Å². The first-order chi connectivity index (χ1) is 6.20. The fourth-order valence-electron chi connectivity index (χ4n) is 1.15. The second-order valence-corrected chi connectivity index (χ2v) is 3.55. The Morgan fingerprint density at radius 3 is 2.38 bits per heavy atom. The lowest BCUT2D eigenvalue weighted by atomic mass is 10.2. The average Bonchev–Trinajstić information content (AvgIpc) is 2.11. The van der Waals surface area contributed by atoms with Crippen LogP contribution in [0.3, 0.4) is 0 Å². The number of ether oxygens (including phenoxy) is 1. The Bertz CT molecular complexity index is 132. The van der Waals surface area contributed by atoms with Crippen molar-refractivity contribution in [2.24, 2.45) is 0 Å². The van der Waals surface area contributed by atoms with Crippen LogP contribution in [0.5, 0.6) is 0 Å². The molecule has 0 aliphatic rings. The minimum Gasteiger partial charge on any atom is -0.463 e. The SMILES string of the molecule is CCCCC(=O)O[C@H](C)CCCC. The third-order valence-corrected chi connectivity index (χ3v) is 2.03. The Labute approximate surface area is 81.7 Å². The summed E-state index contributed by atoms with van der Waals surface area (Å²) in [5.74, 6) is -0.0366. The van der Waals surface area contributed by atoms with Gasteiger partial charge >= 0.3 is 5.97 Å². The van der Waals surface area contributed by atoms with Crippen LogP contribution in [0.4, 0.5) is 0 Å². The number of carbonyl (C=O) groups excluding carboxylic acids is 1. The van der Waals surface area contributed by atoms with E-state index >= 15 is 0 Å². The van der Waals surface area contributed by atoms with E-state index in [1.54, 1.807) is 0 Å². The van der Waals surface area contributed by atoms with Crippen molar-refractivity contribution in [1.82, 2.24) is 0 Å². The van der Waals surface area contributed by atoms with Crippen molar-refractivity contribution in [3.8, 4) is 0 Å². The highest BCUT2D eigenvalue weighted by atomic mass is 16.5. The maximum absolute atomic E-state index is 11.2. The normalized spacial score (nSPS) is 12.5. The molecule has 0 saturated carbocycles. The van der Waals surface area contributed by atoms with Gasteiger partial charge in [0.05, 0.1) is 6.10 Å². The maximum atomic E-state index is 11.2. The molecule has 0 heterocycles. The number of unbranched alkanes of at least 4 members (excludes halogenated alkanes) is 2. The van der Waals surface area contributed by atoms with Crippen molar-refractivity contribution < 1.29 is 9.53 Å². The van der Waals surface area contributed by atoms with Gasteiger partial charge in [-0.3, -0.25) is 4.79 Å². The number of esters is 1. The van der Waals surface area contributed by atoms with E-state index in [0.717, 1.165) is 32.1 Å². The Balaban J connectivity index is 3.41. The molecule has 2 heteroatoms. The molecule has 0 bridgehead atoms. The van der Waals surface area contributed by atoms with E-state index in [4.69, 9.17) is 4.74 Å². The van der Waals surface area contributed by atoms with Crippen molar-refractivity contribution in [1.29, 1.82) is 0 Å². The molecule has 0 radical (unpaired) electrons. The van der Waals surface area contributed by atoms with Crippen LogP contribution in [0.15, 0.2) is 0 Å². The molecule has 0 aromatic heterocycles. The molecule has 0 aliphatic carbocycles. The van der Waals surface area contributed by atoms with Crippen LogP contribution in [0, 0.1) is 0 Å². The van der Waals surface area contributed by atoms with Crippen molar-refractivity contribution >= 4 is 5.97 Å². The van der Waals surface area contributed by atoms with Crippen LogP contribution in [0.25, 0.3) is 0 Å². The van der Waals surface area contributed by atoms with Crippen LogP contribution in [0.2, 0.25) is 0 Å². The van der Waals surface area contributed by atoms with Crippen LogP contribution < -0.4 is 0 Å². The van der Waals surface area contributed by atoms with E-state index in [1.807, 2.05) is 6.92 Å². The summed E-state index contributed by atoms with van der Waals surface area (Å²) in [7, 11) is 0. The van der Waals surface area contributed by atoms with Crippen molar-refractivity contribution in [3.05, 3.63) is 0 Å². The highest BCUT2D eigenvalue weighted by Crippen LogP contribution is 2.06. The fourth-order valence-corrected chi connectivity index (χ4v) is 1.15. The van der Waals surface area contributed by atoms with Gasteiger partial charge in [-0.05, 0) is 19.8 Å². The predicted octanol–water partition coefficient (Wildman–Crippen LogP) is 3.30. The molecule has 0 unspecified atom stereocenters. The van der Waals surface area contributed by atoms with Crippen LogP contribution >= 0.6 is 0 Å². The predicted molar refractivity (Wildman–Crippen MR) is 54.6 cm³/mol. The Morgan fingerprint density at radius 1 is 1.23 bits per heavy atom. The first kappa shape index (κ1) is 12.5. The number of hydrogen-bond acceptors (Lipinski definition) is 2. The molecule has 0 amide bonds. The molecule has 0 spiro atoms. The summed E-state index contributed by atoms with van der Waals surface area (Å²) in [6.45, 7) is 6.19. The highest BCUT2D eigenvalue weighted by molar-refractivity contribution is 5.69. The lowest BCUT2D eigenvalue weighted by molar-refractivity contribution is -0.148. The van der Waals surface area contributed by atoms with Crippen LogP contribution in [-0.4, -0.2) is 12.1 Å². The zero-order chi connectivity index (χ0) is 10.1. The van der Waals surface area contributed by atoms with E-state index in [-0.39, 0.29) is 12.1 Å². The first-order valence-corrected chi connectivity index (χ1v) is 5.40.